The molecular weight excluding hydrogens is 448 g/mol. The number of anilines is 1. The van der Waals surface area contributed by atoms with Gasteiger partial charge < -0.3 is 5.32 Å². The van der Waals surface area contributed by atoms with Gasteiger partial charge in [0, 0.05) is 30.3 Å². The molecule has 3 heterocycles. The van der Waals surface area contributed by atoms with Crippen molar-refractivity contribution in [2.75, 3.05) is 5.32 Å². The van der Waals surface area contributed by atoms with Crippen molar-refractivity contribution in [3.05, 3.63) is 63.0 Å². The lowest BCUT2D eigenvalue weighted by molar-refractivity contribution is -0.116. The number of aromatic nitrogens is 5. The van der Waals surface area contributed by atoms with Crippen LogP contribution in [0.15, 0.2) is 41.2 Å². The van der Waals surface area contributed by atoms with Crippen LogP contribution in [-0.2, 0) is 11.3 Å². The molecule has 1 aromatic carbocycles. The molecule has 1 saturated carbocycles. The standard InChI is InChI=1S/C25H28N6O2S/c1-16-15-21(33)30(24-22(16)17(2)29-31(24)19-11-7-4-8-12-19)14-13-20(32)26-25-28-27-23(34-25)18-9-5-3-6-10-18/h4,7-8,11-12,15,18H,3,5-6,9-10,13-14H2,1-2H3,(H,26,28,32). The molecule has 0 bridgehead atoms. The lowest BCUT2D eigenvalue weighted by Gasteiger charge is -2.18. The van der Waals surface area contributed by atoms with E-state index in [0.717, 1.165) is 40.2 Å². The van der Waals surface area contributed by atoms with Gasteiger partial charge in [0.25, 0.3) is 5.56 Å². The van der Waals surface area contributed by atoms with Gasteiger partial charge in [0.05, 0.1) is 11.4 Å². The van der Waals surface area contributed by atoms with E-state index >= 15 is 0 Å². The van der Waals surface area contributed by atoms with Gasteiger partial charge in [-0.05, 0) is 44.4 Å². The topological polar surface area (TPSA) is 94.7 Å². The monoisotopic (exact) mass is 476 g/mol. The van der Waals surface area contributed by atoms with E-state index in [4.69, 9.17) is 5.10 Å². The van der Waals surface area contributed by atoms with Crippen molar-refractivity contribution in [2.24, 2.45) is 0 Å². The van der Waals surface area contributed by atoms with Gasteiger partial charge in [-0.2, -0.15) is 5.10 Å². The Morgan fingerprint density at radius 2 is 1.88 bits per heavy atom. The molecule has 34 heavy (non-hydrogen) atoms. The number of para-hydroxylation sites is 1. The number of nitrogens with zero attached hydrogens (tertiary/aromatic N) is 5. The van der Waals surface area contributed by atoms with Gasteiger partial charge in [-0.1, -0.05) is 48.8 Å². The number of amides is 1. The third-order valence-electron chi connectivity index (χ3n) is 6.50. The highest BCUT2D eigenvalue weighted by molar-refractivity contribution is 7.15. The van der Waals surface area contributed by atoms with Crippen LogP contribution in [0.4, 0.5) is 5.13 Å². The molecule has 1 aliphatic carbocycles. The summed E-state index contributed by atoms with van der Waals surface area (Å²) in [4.78, 5) is 25.7. The van der Waals surface area contributed by atoms with Crippen molar-refractivity contribution in [1.82, 2.24) is 24.5 Å². The predicted octanol–water partition coefficient (Wildman–Crippen LogP) is 4.73. The van der Waals surface area contributed by atoms with Gasteiger partial charge in [0.15, 0.2) is 0 Å². The second-order valence-corrected chi connectivity index (χ2v) is 9.94. The van der Waals surface area contributed by atoms with Crippen LogP contribution >= 0.6 is 11.3 Å². The van der Waals surface area contributed by atoms with Crippen molar-refractivity contribution < 1.29 is 4.79 Å². The summed E-state index contributed by atoms with van der Waals surface area (Å²) in [5, 5.41) is 18.5. The molecule has 1 amide bonds. The summed E-state index contributed by atoms with van der Waals surface area (Å²) in [5.41, 5.74) is 3.15. The third-order valence-corrected chi connectivity index (χ3v) is 7.50. The first-order valence-corrected chi connectivity index (χ1v) is 12.6. The van der Waals surface area contributed by atoms with Gasteiger partial charge in [-0.25, -0.2) is 4.68 Å². The minimum absolute atomic E-state index is 0.148. The Morgan fingerprint density at radius 3 is 2.65 bits per heavy atom. The first kappa shape index (κ1) is 22.5. The van der Waals surface area contributed by atoms with Crippen LogP contribution in [0.3, 0.4) is 0 Å². The molecule has 0 unspecified atom stereocenters. The first-order valence-electron chi connectivity index (χ1n) is 11.8. The maximum Gasteiger partial charge on any atom is 0.252 e. The van der Waals surface area contributed by atoms with Crippen molar-refractivity contribution in [3.8, 4) is 5.69 Å². The predicted molar refractivity (Wildman–Crippen MR) is 134 cm³/mol. The Bertz CT molecular complexity index is 1380. The van der Waals surface area contributed by atoms with Crippen molar-refractivity contribution in [1.29, 1.82) is 0 Å². The molecule has 1 aliphatic rings. The fourth-order valence-corrected chi connectivity index (χ4v) is 5.75. The van der Waals surface area contributed by atoms with E-state index in [2.05, 4.69) is 15.5 Å². The van der Waals surface area contributed by atoms with E-state index in [9.17, 15) is 9.59 Å². The Kier molecular flexibility index (Phi) is 6.28. The van der Waals surface area contributed by atoms with E-state index in [1.165, 1.54) is 30.6 Å². The number of hydrogen-bond acceptors (Lipinski definition) is 6. The molecule has 9 heteroatoms. The zero-order valence-corrected chi connectivity index (χ0v) is 20.3. The van der Waals surface area contributed by atoms with Crippen molar-refractivity contribution in [3.63, 3.8) is 0 Å². The normalized spacial score (nSPS) is 14.5. The average Bonchev–Trinajstić information content (AvgIpc) is 3.45. The molecule has 5 rings (SSSR count). The van der Waals surface area contributed by atoms with Gasteiger partial charge in [-0.3, -0.25) is 14.2 Å². The zero-order valence-electron chi connectivity index (χ0n) is 19.5. The van der Waals surface area contributed by atoms with E-state index in [0.29, 0.717) is 16.7 Å². The van der Waals surface area contributed by atoms with Crippen LogP contribution in [0.1, 0.15) is 60.7 Å². The zero-order chi connectivity index (χ0) is 23.7. The third kappa shape index (κ3) is 4.40. The molecule has 3 aromatic heterocycles. The van der Waals surface area contributed by atoms with Gasteiger partial charge in [0.2, 0.25) is 11.0 Å². The largest absolute Gasteiger partial charge is 0.300 e. The molecule has 0 spiro atoms. The van der Waals surface area contributed by atoms with Crippen LogP contribution in [0, 0.1) is 13.8 Å². The number of rotatable bonds is 6. The molecule has 176 valence electrons. The van der Waals surface area contributed by atoms with Crippen molar-refractivity contribution in [2.45, 2.75) is 64.8 Å². The van der Waals surface area contributed by atoms with Gasteiger partial charge in [-0.15, -0.1) is 10.2 Å². The van der Waals surface area contributed by atoms with Crippen LogP contribution in [0.25, 0.3) is 16.7 Å². The maximum atomic E-state index is 13.0. The molecule has 0 atom stereocenters. The molecule has 0 aliphatic heterocycles. The summed E-state index contributed by atoms with van der Waals surface area (Å²) in [6.07, 6.45) is 6.17. The minimum atomic E-state index is -0.186. The van der Waals surface area contributed by atoms with Crippen LogP contribution in [0.5, 0.6) is 0 Å². The van der Waals surface area contributed by atoms with Crippen LogP contribution < -0.4 is 10.9 Å². The van der Waals surface area contributed by atoms with Gasteiger partial charge >= 0.3 is 0 Å². The van der Waals surface area contributed by atoms with E-state index < -0.39 is 0 Å². The Hall–Kier alpha value is -3.33. The smallest absolute Gasteiger partial charge is 0.252 e. The maximum absolute atomic E-state index is 13.0. The summed E-state index contributed by atoms with van der Waals surface area (Å²) in [6.45, 7) is 4.10. The summed E-state index contributed by atoms with van der Waals surface area (Å²) in [5.74, 6) is 0.271. The lowest BCUT2D eigenvalue weighted by atomic mass is 9.90. The number of carbonyl (C=O) groups excluding carboxylic acids is 1. The SMILES string of the molecule is Cc1cc(=O)n(CCC(=O)Nc2nnc(C3CCCCC3)s2)c2c1c(C)nn2-c1ccccc1. The molecular formula is C25H28N6O2S. The van der Waals surface area contributed by atoms with Gasteiger partial charge in [0.1, 0.15) is 10.7 Å². The fourth-order valence-electron chi connectivity index (χ4n) is 4.83. The quantitative estimate of drug-likeness (QED) is 0.434. The summed E-state index contributed by atoms with van der Waals surface area (Å²) >= 11 is 1.46. The van der Waals surface area contributed by atoms with Crippen molar-refractivity contribution >= 4 is 33.4 Å². The highest BCUT2D eigenvalue weighted by Gasteiger charge is 2.21. The second kappa shape index (κ2) is 9.50. The molecule has 0 radical (unpaired) electrons. The summed E-state index contributed by atoms with van der Waals surface area (Å²) < 4.78 is 3.43. The lowest BCUT2D eigenvalue weighted by Crippen LogP contribution is -2.25. The molecule has 0 saturated heterocycles. The van der Waals surface area contributed by atoms with Crippen LogP contribution in [-0.4, -0.2) is 30.5 Å². The summed E-state index contributed by atoms with van der Waals surface area (Å²) in [6, 6.07) is 11.3. The summed E-state index contributed by atoms with van der Waals surface area (Å²) in [7, 11) is 0. The Balaban J connectivity index is 1.37. The van der Waals surface area contributed by atoms with E-state index in [-0.39, 0.29) is 24.4 Å². The first-order chi connectivity index (χ1) is 16.5. The van der Waals surface area contributed by atoms with E-state index in [1.807, 2.05) is 44.2 Å². The highest BCUT2D eigenvalue weighted by atomic mass is 32.1. The molecule has 4 aromatic rings. The Morgan fingerprint density at radius 1 is 1.12 bits per heavy atom. The highest BCUT2D eigenvalue weighted by Crippen LogP contribution is 2.35. The number of carbonyl (C=O) groups is 1. The van der Waals surface area contributed by atoms with Crippen LogP contribution in [0.2, 0.25) is 0 Å². The number of pyridine rings is 1. The van der Waals surface area contributed by atoms with E-state index in [1.54, 1.807) is 15.3 Å². The number of fused-ring (bicyclic) bond motifs is 1. The molecule has 1 N–H and O–H groups in total. The Labute approximate surface area is 201 Å². The molecule has 1 fully saturated rings. The minimum Gasteiger partial charge on any atom is -0.300 e. The number of benzene rings is 1. The number of hydrogen-bond donors (Lipinski definition) is 1. The second-order valence-electron chi connectivity index (χ2n) is 8.93. The average molecular weight is 477 g/mol. The number of nitrogens with one attached hydrogen (secondary N) is 1. The fraction of sp³-hybridized carbons (Fsp3) is 0.400. The number of aryl methyl sites for hydroxylation is 3. The molecule has 8 nitrogen and oxygen atoms in total.